The zero-order chi connectivity index (χ0) is 11.8. The number of nitrogens with zero attached hydrogens (tertiary/aromatic N) is 3. The Morgan fingerprint density at radius 2 is 2.18 bits per heavy atom. The highest BCUT2D eigenvalue weighted by Gasteiger charge is 2.09. The van der Waals surface area contributed by atoms with Gasteiger partial charge in [0.05, 0.1) is 0 Å². The second-order valence-electron chi connectivity index (χ2n) is 3.73. The van der Waals surface area contributed by atoms with Gasteiger partial charge in [0.25, 0.3) is 0 Å². The maximum atomic E-state index is 10.7. The highest BCUT2D eigenvalue weighted by molar-refractivity contribution is 5.74. The van der Waals surface area contributed by atoms with E-state index in [2.05, 4.69) is 10.1 Å². The van der Waals surface area contributed by atoms with E-state index in [1.165, 1.54) is 0 Å². The molecule has 0 saturated heterocycles. The molecule has 3 heterocycles. The summed E-state index contributed by atoms with van der Waals surface area (Å²) in [6.45, 7) is 1.86. The van der Waals surface area contributed by atoms with E-state index in [0.29, 0.717) is 22.8 Å². The van der Waals surface area contributed by atoms with Gasteiger partial charge in [0.1, 0.15) is 5.76 Å². The number of carbonyl (C=O) groups excluding carboxylic acids is 1. The Bertz CT molecular complexity index is 697. The van der Waals surface area contributed by atoms with E-state index < -0.39 is 0 Å². The summed E-state index contributed by atoms with van der Waals surface area (Å²) in [6.07, 6.45) is 2.41. The van der Waals surface area contributed by atoms with E-state index in [1.54, 1.807) is 22.8 Å². The SMILES string of the molecule is Cc1ccc(-c2nc3ccc(C=O)cn3n2)o1. The van der Waals surface area contributed by atoms with Crippen LogP contribution < -0.4 is 0 Å². The number of carbonyl (C=O) groups is 1. The molecule has 5 nitrogen and oxygen atoms in total. The van der Waals surface area contributed by atoms with Crippen molar-refractivity contribution < 1.29 is 9.21 Å². The van der Waals surface area contributed by atoms with Gasteiger partial charge in [-0.3, -0.25) is 4.79 Å². The molecule has 0 aliphatic rings. The molecule has 3 rings (SSSR count). The minimum atomic E-state index is 0.515. The lowest BCUT2D eigenvalue weighted by molar-refractivity contribution is 0.112. The lowest BCUT2D eigenvalue weighted by atomic mass is 10.3. The van der Waals surface area contributed by atoms with Crippen LogP contribution in [0.3, 0.4) is 0 Å². The standard InChI is InChI=1S/C12H9N3O2/c1-8-2-4-10(17-8)12-13-11-5-3-9(7-16)6-15(11)14-12/h2-7H,1H3. The molecule has 84 valence electrons. The molecule has 0 amide bonds. The minimum absolute atomic E-state index is 0.515. The summed E-state index contributed by atoms with van der Waals surface area (Å²) in [4.78, 5) is 15.0. The number of rotatable bonds is 2. The van der Waals surface area contributed by atoms with Gasteiger partial charge >= 0.3 is 0 Å². The highest BCUT2D eigenvalue weighted by Crippen LogP contribution is 2.19. The quantitative estimate of drug-likeness (QED) is 0.629. The van der Waals surface area contributed by atoms with Crippen molar-refractivity contribution in [3.05, 3.63) is 41.8 Å². The van der Waals surface area contributed by atoms with Crippen LogP contribution in [-0.4, -0.2) is 20.9 Å². The summed E-state index contributed by atoms with van der Waals surface area (Å²) in [5.41, 5.74) is 1.24. The van der Waals surface area contributed by atoms with Crippen LogP contribution in [0.1, 0.15) is 16.1 Å². The summed E-state index contributed by atoms with van der Waals surface area (Å²) in [5.74, 6) is 1.95. The number of aldehydes is 1. The topological polar surface area (TPSA) is 60.4 Å². The van der Waals surface area contributed by atoms with Crippen LogP contribution in [0.15, 0.2) is 34.9 Å². The number of hydrogen-bond acceptors (Lipinski definition) is 4. The second kappa shape index (κ2) is 3.55. The number of hydrogen-bond donors (Lipinski definition) is 0. The van der Waals surface area contributed by atoms with Gasteiger partial charge < -0.3 is 4.42 Å². The Morgan fingerprint density at radius 1 is 1.29 bits per heavy atom. The fourth-order valence-electron chi connectivity index (χ4n) is 1.63. The van der Waals surface area contributed by atoms with Crippen LogP contribution in [0.2, 0.25) is 0 Å². The monoisotopic (exact) mass is 227 g/mol. The van der Waals surface area contributed by atoms with Crippen LogP contribution in [0, 0.1) is 6.92 Å². The predicted octanol–water partition coefficient (Wildman–Crippen LogP) is 2.11. The fraction of sp³-hybridized carbons (Fsp3) is 0.0833. The molecule has 0 saturated carbocycles. The molecular formula is C12H9N3O2. The molecule has 3 aromatic heterocycles. The summed E-state index contributed by atoms with van der Waals surface area (Å²) >= 11 is 0. The molecule has 0 aromatic carbocycles. The Kier molecular flexibility index (Phi) is 2.04. The molecular weight excluding hydrogens is 218 g/mol. The molecule has 0 bridgehead atoms. The molecule has 3 aromatic rings. The third-order valence-electron chi connectivity index (χ3n) is 2.45. The zero-order valence-corrected chi connectivity index (χ0v) is 9.12. The third-order valence-corrected chi connectivity index (χ3v) is 2.45. The van der Waals surface area contributed by atoms with Crippen LogP contribution in [0.5, 0.6) is 0 Å². The van der Waals surface area contributed by atoms with Crippen LogP contribution in [0.25, 0.3) is 17.2 Å². The Hall–Kier alpha value is -2.43. The van der Waals surface area contributed by atoms with Gasteiger partial charge in [-0.1, -0.05) is 0 Å². The maximum Gasteiger partial charge on any atom is 0.217 e. The first-order chi connectivity index (χ1) is 8.26. The van der Waals surface area contributed by atoms with Gasteiger partial charge in [0.15, 0.2) is 17.7 Å². The summed E-state index contributed by atoms with van der Waals surface area (Å²) in [7, 11) is 0. The average Bonchev–Trinajstić information content (AvgIpc) is 2.93. The lowest BCUT2D eigenvalue weighted by Gasteiger charge is -1.90. The molecule has 5 heteroatoms. The van der Waals surface area contributed by atoms with Crippen molar-refractivity contribution in [3.63, 3.8) is 0 Å². The Balaban J connectivity index is 2.16. The molecule has 0 unspecified atom stereocenters. The molecule has 0 fully saturated rings. The van der Waals surface area contributed by atoms with Gasteiger partial charge in [0.2, 0.25) is 5.82 Å². The average molecular weight is 227 g/mol. The van der Waals surface area contributed by atoms with Crippen molar-refractivity contribution in [1.82, 2.24) is 14.6 Å². The first-order valence-corrected chi connectivity index (χ1v) is 5.15. The van der Waals surface area contributed by atoms with Gasteiger partial charge in [0, 0.05) is 11.8 Å². The predicted molar refractivity (Wildman–Crippen MR) is 60.8 cm³/mol. The molecule has 0 aliphatic carbocycles. The van der Waals surface area contributed by atoms with Gasteiger partial charge in [-0.05, 0) is 31.2 Å². The zero-order valence-electron chi connectivity index (χ0n) is 9.12. The van der Waals surface area contributed by atoms with Crippen molar-refractivity contribution in [2.75, 3.05) is 0 Å². The van der Waals surface area contributed by atoms with Crippen LogP contribution in [-0.2, 0) is 0 Å². The van der Waals surface area contributed by atoms with Crippen molar-refractivity contribution in [2.24, 2.45) is 0 Å². The number of aryl methyl sites for hydroxylation is 1. The normalized spacial score (nSPS) is 10.9. The van der Waals surface area contributed by atoms with Gasteiger partial charge in [-0.15, -0.1) is 5.10 Å². The second-order valence-corrected chi connectivity index (χ2v) is 3.73. The van der Waals surface area contributed by atoms with E-state index in [9.17, 15) is 4.79 Å². The highest BCUT2D eigenvalue weighted by atomic mass is 16.3. The van der Waals surface area contributed by atoms with E-state index in [1.807, 2.05) is 19.1 Å². The fourth-order valence-corrected chi connectivity index (χ4v) is 1.63. The van der Waals surface area contributed by atoms with Crippen molar-refractivity contribution >= 4 is 11.9 Å². The number of aromatic nitrogens is 3. The summed E-state index contributed by atoms with van der Waals surface area (Å²) in [6, 6.07) is 7.13. The molecule has 0 atom stereocenters. The van der Waals surface area contributed by atoms with E-state index >= 15 is 0 Å². The van der Waals surface area contributed by atoms with Crippen molar-refractivity contribution in [1.29, 1.82) is 0 Å². The smallest absolute Gasteiger partial charge is 0.217 e. The summed E-state index contributed by atoms with van der Waals surface area (Å²) < 4.78 is 7.01. The van der Waals surface area contributed by atoms with E-state index in [4.69, 9.17) is 4.42 Å². The molecule has 17 heavy (non-hydrogen) atoms. The van der Waals surface area contributed by atoms with Crippen LogP contribution in [0.4, 0.5) is 0 Å². The molecule has 0 radical (unpaired) electrons. The minimum Gasteiger partial charge on any atom is -0.458 e. The summed E-state index contributed by atoms with van der Waals surface area (Å²) in [5, 5.41) is 4.26. The van der Waals surface area contributed by atoms with E-state index in [0.717, 1.165) is 12.0 Å². The van der Waals surface area contributed by atoms with Gasteiger partial charge in [-0.2, -0.15) is 0 Å². The third kappa shape index (κ3) is 1.61. The molecule has 0 N–H and O–H groups in total. The number of furan rings is 1. The Morgan fingerprint density at radius 3 is 2.88 bits per heavy atom. The molecule has 0 aliphatic heterocycles. The first-order valence-electron chi connectivity index (χ1n) is 5.15. The number of pyridine rings is 1. The first kappa shape index (κ1) is 9.77. The van der Waals surface area contributed by atoms with Crippen molar-refractivity contribution in [3.8, 4) is 11.6 Å². The van der Waals surface area contributed by atoms with E-state index in [-0.39, 0.29) is 0 Å². The molecule has 0 spiro atoms. The van der Waals surface area contributed by atoms with Gasteiger partial charge in [-0.25, -0.2) is 9.50 Å². The lowest BCUT2D eigenvalue weighted by Crippen LogP contribution is -1.89. The van der Waals surface area contributed by atoms with Crippen LogP contribution >= 0.6 is 0 Å². The maximum absolute atomic E-state index is 10.7. The number of fused-ring (bicyclic) bond motifs is 1. The Labute approximate surface area is 96.7 Å². The van der Waals surface area contributed by atoms with Crippen molar-refractivity contribution in [2.45, 2.75) is 6.92 Å². The largest absolute Gasteiger partial charge is 0.458 e.